The van der Waals surface area contributed by atoms with Crippen LogP contribution in [0.2, 0.25) is 0 Å². The number of hydrogen-bond acceptors (Lipinski definition) is 11. The molecule has 2 aromatic heterocycles. The zero-order chi connectivity index (χ0) is 24.4. The number of fused-ring (bicyclic) bond motifs is 1. The van der Waals surface area contributed by atoms with Crippen molar-refractivity contribution >= 4 is 28.8 Å². The maximum atomic E-state index is 12.8. The summed E-state index contributed by atoms with van der Waals surface area (Å²) < 4.78 is 11.5. The molecule has 1 aliphatic rings. The summed E-state index contributed by atoms with van der Waals surface area (Å²) in [6.45, 7) is 6.80. The Morgan fingerprint density at radius 3 is 2.18 bits per heavy atom. The van der Waals surface area contributed by atoms with E-state index in [9.17, 15) is 14.7 Å². The zero-order valence-corrected chi connectivity index (χ0v) is 19.2. The van der Waals surface area contributed by atoms with Crippen LogP contribution in [0.25, 0.3) is 11.0 Å². The number of H-pyrrole nitrogens is 1. The third-order valence-corrected chi connectivity index (χ3v) is 5.98. The van der Waals surface area contributed by atoms with E-state index in [1.807, 2.05) is 0 Å². The van der Waals surface area contributed by atoms with Crippen LogP contribution < -0.4 is 22.5 Å². The SMILES string of the molecule is CC(C)C(N)C(=O)O[C@@H]1[C@H](OC(=O)C(N)C(C)C)[C@@H](CO)N[C@H]1c1c[nH]c2c(N)ncnc12. The molecule has 0 saturated carbocycles. The number of anilines is 1. The zero-order valence-electron chi connectivity index (χ0n) is 19.2. The number of aliphatic hydroxyl groups is 1. The Balaban J connectivity index is 2.00. The Bertz CT molecular complexity index is 995. The highest BCUT2D eigenvalue weighted by Gasteiger charge is 2.50. The highest BCUT2D eigenvalue weighted by atomic mass is 16.6. The second-order valence-electron chi connectivity index (χ2n) is 9.00. The normalized spacial score (nSPS) is 24.9. The van der Waals surface area contributed by atoms with Crippen molar-refractivity contribution in [1.82, 2.24) is 20.3 Å². The average Bonchev–Trinajstić information content (AvgIpc) is 3.34. The van der Waals surface area contributed by atoms with E-state index in [4.69, 9.17) is 26.7 Å². The van der Waals surface area contributed by atoms with E-state index in [2.05, 4.69) is 20.3 Å². The Kier molecular flexibility index (Phi) is 7.52. The number of aromatic amines is 1. The van der Waals surface area contributed by atoms with Gasteiger partial charge in [0, 0.05) is 11.8 Å². The maximum absolute atomic E-state index is 12.8. The molecule has 0 aromatic carbocycles. The van der Waals surface area contributed by atoms with E-state index in [0.29, 0.717) is 16.6 Å². The number of nitrogens with zero attached hydrogens (tertiary/aromatic N) is 2. The molecular weight excluding hydrogens is 430 g/mol. The van der Waals surface area contributed by atoms with Gasteiger partial charge in [0.05, 0.1) is 24.2 Å². The number of esters is 2. The number of nitrogens with one attached hydrogen (secondary N) is 2. The monoisotopic (exact) mass is 463 g/mol. The summed E-state index contributed by atoms with van der Waals surface area (Å²) in [5.74, 6) is -1.39. The van der Waals surface area contributed by atoms with Crippen LogP contribution in [0.1, 0.15) is 39.3 Å². The predicted octanol–water partition coefficient (Wildman–Crippen LogP) is -0.664. The van der Waals surface area contributed by atoms with Crippen molar-refractivity contribution in [1.29, 1.82) is 0 Å². The third kappa shape index (κ3) is 4.93. The molecule has 0 spiro atoms. The number of aliphatic hydroxyl groups excluding tert-OH is 1. The fourth-order valence-electron chi connectivity index (χ4n) is 3.73. The van der Waals surface area contributed by atoms with Gasteiger partial charge in [0.2, 0.25) is 0 Å². The maximum Gasteiger partial charge on any atom is 0.323 e. The minimum atomic E-state index is -1.01. The first kappa shape index (κ1) is 24.8. The number of hydrogen-bond donors (Lipinski definition) is 6. The van der Waals surface area contributed by atoms with Gasteiger partial charge in [0.15, 0.2) is 18.0 Å². The van der Waals surface area contributed by atoms with Crippen LogP contribution in [0.3, 0.4) is 0 Å². The quantitative estimate of drug-likeness (QED) is 0.271. The van der Waals surface area contributed by atoms with Crippen molar-refractivity contribution in [2.24, 2.45) is 23.3 Å². The molecule has 1 aliphatic heterocycles. The molecule has 0 radical (unpaired) electrons. The lowest BCUT2D eigenvalue weighted by Crippen LogP contribution is -2.47. The van der Waals surface area contributed by atoms with Crippen molar-refractivity contribution in [3.8, 4) is 0 Å². The average molecular weight is 464 g/mol. The number of carbonyl (C=O) groups is 2. The van der Waals surface area contributed by atoms with Crippen LogP contribution in [-0.4, -0.2) is 68.9 Å². The Hall–Kier alpha value is -2.80. The van der Waals surface area contributed by atoms with Crippen molar-refractivity contribution < 1.29 is 24.2 Å². The first-order valence-corrected chi connectivity index (χ1v) is 10.9. The van der Waals surface area contributed by atoms with Gasteiger partial charge in [-0.05, 0) is 11.8 Å². The molecule has 3 rings (SSSR count). The molecule has 182 valence electrons. The van der Waals surface area contributed by atoms with Gasteiger partial charge in [-0.3, -0.25) is 14.9 Å². The Morgan fingerprint density at radius 2 is 1.64 bits per heavy atom. The number of rotatable bonds is 8. The molecule has 6 atom stereocenters. The summed E-state index contributed by atoms with van der Waals surface area (Å²) in [6.07, 6.45) is 0.972. The van der Waals surface area contributed by atoms with Crippen LogP contribution >= 0.6 is 0 Å². The van der Waals surface area contributed by atoms with Crippen LogP contribution in [0.15, 0.2) is 12.5 Å². The van der Waals surface area contributed by atoms with Crippen LogP contribution in [0.4, 0.5) is 5.82 Å². The molecule has 1 saturated heterocycles. The molecule has 9 N–H and O–H groups in total. The number of aromatic nitrogens is 3. The van der Waals surface area contributed by atoms with E-state index in [0.717, 1.165) is 0 Å². The summed E-state index contributed by atoms with van der Waals surface area (Å²) in [5.41, 5.74) is 19.5. The summed E-state index contributed by atoms with van der Waals surface area (Å²) >= 11 is 0. The third-order valence-electron chi connectivity index (χ3n) is 5.98. The van der Waals surface area contributed by atoms with E-state index >= 15 is 0 Å². The Labute approximate surface area is 191 Å². The molecule has 12 heteroatoms. The lowest BCUT2D eigenvalue weighted by molar-refractivity contribution is -0.170. The van der Waals surface area contributed by atoms with Gasteiger partial charge in [0.25, 0.3) is 0 Å². The van der Waals surface area contributed by atoms with E-state index < -0.39 is 48.3 Å². The highest BCUT2D eigenvalue weighted by molar-refractivity contribution is 5.87. The molecular formula is C21H33N7O5. The van der Waals surface area contributed by atoms with Crippen molar-refractivity contribution in [3.05, 3.63) is 18.1 Å². The second kappa shape index (κ2) is 10.00. The molecule has 0 bridgehead atoms. The number of nitrogen functional groups attached to an aromatic ring is 1. The van der Waals surface area contributed by atoms with Gasteiger partial charge in [-0.2, -0.15) is 0 Å². The van der Waals surface area contributed by atoms with Crippen molar-refractivity contribution in [2.45, 2.75) is 64.1 Å². The second-order valence-corrected chi connectivity index (χ2v) is 9.00. The molecule has 3 heterocycles. The molecule has 2 unspecified atom stereocenters. The van der Waals surface area contributed by atoms with Crippen LogP contribution in [-0.2, 0) is 19.1 Å². The largest absolute Gasteiger partial charge is 0.455 e. The summed E-state index contributed by atoms with van der Waals surface area (Å²) in [7, 11) is 0. The first-order chi connectivity index (χ1) is 15.6. The van der Waals surface area contributed by atoms with E-state index in [1.165, 1.54) is 6.33 Å². The first-order valence-electron chi connectivity index (χ1n) is 10.9. The van der Waals surface area contributed by atoms with Crippen molar-refractivity contribution in [3.63, 3.8) is 0 Å². The minimum Gasteiger partial charge on any atom is -0.455 e. The highest BCUT2D eigenvalue weighted by Crippen LogP contribution is 2.36. The van der Waals surface area contributed by atoms with E-state index in [1.54, 1.807) is 33.9 Å². The van der Waals surface area contributed by atoms with Gasteiger partial charge in [-0.1, -0.05) is 27.7 Å². The molecule has 0 aliphatic carbocycles. The summed E-state index contributed by atoms with van der Waals surface area (Å²) in [6, 6.07) is -3.16. The minimum absolute atomic E-state index is 0.168. The van der Waals surface area contributed by atoms with Gasteiger partial charge in [0.1, 0.15) is 23.9 Å². The molecule has 2 aromatic rings. The van der Waals surface area contributed by atoms with Crippen LogP contribution in [0.5, 0.6) is 0 Å². The number of ether oxygens (including phenoxy) is 2. The van der Waals surface area contributed by atoms with Crippen molar-refractivity contribution in [2.75, 3.05) is 12.3 Å². The lowest BCUT2D eigenvalue weighted by atomic mass is 10.0. The molecule has 12 nitrogen and oxygen atoms in total. The van der Waals surface area contributed by atoms with Gasteiger partial charge >= 0.3 is 11.9 Å². The molecule has 33 heavy (non-hydrogen) atoms. The number of nitrogens with two attached hydrogens (primary N) is 3. The standard InChI is InChI=1S/C21H33N7O5/c1-8(2)12(22)20(30)32-17-11(6-29)28-15(18(17)33-21(31)13(23)9(3)4)10-5-25-16-14(10)26-7-27-19(16)24/h5,7-9,11-13,15,17-18,25,28-29H,6,22-23H2,1-4H3,(H2,24,26,27)/t11-,12?,13?,15+,17-,18+/m1/s1. The fourth-order valence-corrected chi connectivity index (χ4v) is 3.73. The van der Waals surface area contributed by atoms with Gasteiger partial charge in [-0.15, -0.1) is 0 Å². The van der Waals surface area contributed by atoms with Gasteiger partial charge in [-0.25, -0.2) is 9.97 Å². The van der Waals surface area contributed by atoms with Crippen LogP contribution in [0, 0.1) is 11.8 Å². The smallest absolute Gasteiger partial charge is 0.323 e. The predicted molar refractivity (Wildman–Crippen MR) is 120 cm³/mol. The van der Waals surface area contributed by atoms with E-state index in [-0.39, 0.29) is 24.3 Å². The molecule has 1 fully saturated rings. The Morgan fingerprint density at radius 1 is 1.06 bits per heavy atom. The molecule has 0 amide bonds. The van der Waals surface area contributed by atoms with Gasteiger partial charge < -0.3 is 36.8 Å². The summed E-state index contributed by atoms with van der Waals surface area (Å²) in [5, 5.41) is 13.2. The fraction of sp³-hybridized carbons (Fsp3) is 0.619. The number of carbonyl (C=O) groups excluding carboxylic acids is 2. The summed E-state index contributed by atoms with van der Waals surface area (Å²) in [4.78, 5) is 36.7. The lowest BCUT2D eigenvalue weighted by Gasteiger charge is -2.28. The topological polar surface area (TPSA) is 204 Å².